The molecule has 2 nitrogen and oxygen atoms in total. The Bertz CT molecular complexity index is 440. The SMILES string of the molecule is Clc1cc(-c2nc(Br)ns2)c(Cl)s1. The Labute approximate surface area is 101 Å². The molecule has 0 saturated heterocycles. The predicted octanol–water partition coefficient (Wildman–Crippen LogP) is 4.34. The van der Waals surface area contributed by atoms with Crippen LogP contribution in [-0.2, 0) is 0 Å². The lowest BCUT2D eigenvalue weighted by molar-refractivity contribution is 1.26. The minimum absolute atomic E-state index is 0.575. The van der Waals surface area contributed by atoms with Gasteiger partial charge in [-0.25, -0.2) is 4.98 Å². The zero-order valence-corrected chi connectivity index (χ0v) is 10.7. The maximum atomic E-state index is 5.95. The van der Waals surface area contributed by atoms with Crippen molar-refractivity contribution >= 4 is 62.0 Å². The van der Waals surface area contributed by atoms with Gasteiger partial charge in [-0.05, 0) is 33.5 Å². The number of halogens is 3. The first kappa shape index (κ1) is 9.86. The highest BCUT2D eigenvalue weighted by molar-refractivity contribution is 9.10. The second-order valence-corrected chi connectivity index (χ2v) is 5.85. The summed E-state index contributed by atoms with van der Waals surface area (Å²) in [6.45, 7) is 0. The van der Waals surface area contributed by atoms with E-state index in [1.807, 2.05) is 0 Å². The quantitative estimate of drug-likeness (QED) is 0.782. The summed E-state index contributed by atoms with van der Waals surface area (Å²) in [5.74, 6) is 0. The monoisotopic (exact) mass is 314 g/mol. The molecule has 68 valence electrons. The fourth-order valence-corrected chi connectivity index (χ4v) is 3.49. The predicted molar refractivity (Wildman–Crippen MR) is 60.9 cm³/mol. The summed E-state index contributed by atoms with van der Waals surface area (Å²) in [6.07, 6.45) is 0. The van der Waals surface area contributed by atoms with Crippen molar-refractivity contribution < 1.29 is 0 Å². The van der Waals surface area contributed by atoms with Crippen molar-refractivity contribution in [3.63, 3.8) is 0 Å². The summed E-state index contributed by atoms with van der Waals surface area (Å²) in [5.41, 5.74) is 0.847. The van der Waals surface area contributed by atoms with Crippen molar-refractivity contribution in [3.8, 4) is 10.6 Å². The summed E-state index contributed by atoms with van der Waals surface area (Å²) in [7, 11) is 0. The van der Waals surface area contributed by atoms with E-state index >= 15 is 0 Å². The summed E-state index contributed by atoms with van der Waals surface area (Å²) >= 11 is 17.5. The van der Waals surface area contributed by atoms with Crippen LogP contribution in [-0.4, -0.2) is 9.36 Å². The fraction of sp³-hybridized carbons (Fsp3) is 0. The molecule has 2 heterocycles. The van der Waals surface area contributed by atoms with Gasteiger partial charge in [-0.3, -0.25) is 0 Å². The lowest BCUT2D eigenvalue weighted by atomic mass is 10.4. The van der Waals surface area contributed by atoms with Crippen molar-refractivity contribution in [2.45, 2.75) is 0 Å². The van der Waals surface area contributed by atoms with E-state index in [2.05, 4.69) is 25.3 Å². The van der Waals surface area contributed by atoms with E-state index in [-0.39, 0.29) is 0 Å². The van der Waals surface area contributed by atoms with Crippen LogP contribution in [0.25, 0.3) is 10.6 Å². The first-order valence-electron chi connectivity index (χ1n) is 3.11. The molecule has 0 unspecified atom stereocenters. The van der Waals surface area contributed by atoms with Crippen LogP contribution < -0.4 is 0 Å². The van der Waals surface area contributed by atoms with Gasteiger partial charge in [0.05, 0.1) is 4.34 Å². The molecular weight excluding hydrogens is 315 g/mol. The molecule has 0 radical (unpaired) electrons. The molecule has 0 aromatic carbocycles. The van der Waals surface area contributed by atoms with Crippen LogP contribution in [0.5, 0.6) is 0 Å². The first-order valence-corrected chi connectivity index (χ1v) is 6.25. The molecule has 2 aromatic heterocycles. The number of aromatic nitrogens is 2. The zero-order valence-electron chi connectivity index (χ0n) is 5.92. The lowest BCUT2D eigenvalue weighted by Gasteiger charge is -1.87. The Morgan fingerprint density at radius 3 is 2.62 bits per heavy atom. The van der Waals surface area contributed by atoms with Crippen LogP contribution in [0.3, 0.4) is 0 Å². The second kappa shape index (κ2) is 3.82. The Kier molecular flexibility index (Phi) is 2.90. The van der Waals surface area contributed by atoms with Crippen molar-refractivity contribution in [1.82, 2.24) is 9.36 Å². The van der Waals surface area contributed by atoms with Crippen molar-refractivity contribution in [2.24, 2.45) is 0 Å². The standard InChI is InChI=1S/C6HBrCl2N2S2/c7-6-10-5(13-11-6)2-1-3(8)12-4(2)9/h1H. The number of nitrogens with zero attached hydrogens (tertiary/aromatic N) is 2. The Balaban J connectivity index is 2.51. The maximum absolute atomic E-state index is 5.95. The van der Waals surface area contributed by atoms with Crippen molar-refractivity contribution in [3.05, 3.63) is 19.5 Å². The molecular formula is C6HBrCl2N2S2. The Morgan fingerprint density at radius 1 is 1.38 bits per heavy atom. The molecule has 2 rings (SSSR count). The molecule has 0 spiro atoms. The molecule has 0 fully saturated rings. The summed E-state index contributed by atoms with van der Waals surface area (Å²) in [4.78, 5) is 4.14. The molecule has 7 heteroatoms. The van der Waals surface area contributed by atoms with Gasteiger partial charge in [-0.15, -0.1) is 11.3 Å². The van der Waals surface area contributed by atoms with Gasteiger partial charge in [0, 0.05) is 5.56 Å². The second-order valence-electron chi connectivity index (χ2n) is 2.11. The first-order chi connectivity index (χ1) is 6.16. The third-order valence-electron chi connectivity index (χ3n) is 1.29. The van der Waals surface area contributed by atoms with Crippen molar-refractivity contribution in [2.75, 3.05) is 0 Å². The molecule has 0 aliphatic carbocycles. The lowest BCUT2D eigenvalue weighted by Crippen LogP contribution is -1.70. The molecule has 0 aliphatic heterocycles. The minimum atomic E-state index is 0.575. The van der Waals surface area contributed by atoms with E-state index in [0.717, 1.165) is 10.6 Å². The summed E-state index contributed by atoms with van der Waals surface area (Å²) in [5, 5.41) is 0.778. The van der Waals surface area contributed by atoms with E-state index < -0.39 is 0 Å². The number of hydrogen-bond acceptors (Lipinski definition) is 4. The molecule has 0 N–H and O–H groups in total. The molecule has 0 amide bonds. The molecule has 0 aliphatic rings. The Hall–Kier alpha value is 0.320. The van der Waals surface area contributed by atoms with Gasteiger partial charge in [0.15, 0.2) is 0 Å². The van der Waals surface area contributed by atoms with Crippen LogP contribution >= 0.6 is 62.0 Å². The molecule has 0 atom stereocenters. The number of rotatable bonds is 1. The average molecular weight is 316 g/mol. The summed E-state index contributed by atoms with van der Waals surface area (Å²) < 4.78 is 5.87. The van der Waals surface area contributed by atoms with Crippen LogP contribution in [0, 0.1) is 0 Å². The molecule has 13 heavy (non-hydrogen) atoms. The summed E-state index contributed by atoms with van der Waals surface area (Å²) in [6, 6.07) is 1.79. The van der Waals surface area contributed by atoms with E-state index in [1.165, 1.54) is 22.9 Å². The van der Waals surface area contributed by atoms with E-state index in [1.54, 1.807) is 6.07 Å². The van der Waals surface area contributed by atoms with Crippen molar-refractivity contribution in [1.29, 1.82) is 0 Å². The third-order valence-corrected chi connectivity index (χ3v) is 4.11. The highest BCUT2D eigenvalue weighted by atomic mass is 79.9. The smallest absolute Gasteiger partial charge is 0.209 e. The van der Waals surface area contributed by atoms with Gasteiger partial charge in [0.2, 0.25) is 4.73 Å². The number of thiophene rings is 1. The van der Waals surface area contributed by atoms with Crippen LogP contribution in [0.2, 0.25) is 8.67 Å². The highest BCUT2D eigenvalue weighted by Gasteiger charge is 2.12. The van der Waals surface area contributed by atoms with Gasteiger partial charge >= 0.3 is 0 Å². The normalized spacial score (nSPS) is 10.7. The van der Waals surface area contributed by atoms with Crippen LogP contribution in [0.15, 0.2) is 10.8 Å². The minimum Gasteiger partial charge on any atom is -0.209 e. The largest absolute Gasteiger partial charge is 0.209 e. The van der Waals surface area contributed by atoms with Gasteiger partial charge in [0.25, 0.3) is 0 Å². The maximum Gasteiger partial charge on any atom is 0.209 e. The topological polar surface area (TPSA) is 25.8 Å². The molecule has 0 saturated carbocycles. The highest BCUT2D eigenvalue weighted by Crippen LogP contribution is 2.38. The van der Waals surface area contributed by atoms with Gasteiger partial charge in [-0.2, -0.15) is 4.37 Å². The van der Waals surface area contributed by atoms with E-state index in [9.17, 15) is 0 Å². The average Bonchev–Trinajstić information content (AvgIpc) is 2.58. The van der Waals surface area contributed by atoms with Crippen LogP contribution in [0.1, 0.15) is 0 Å². The van der Waals surface area contributed by atoms with Gasteiger partial charge in [-0.1, -0.05) is 23.2 Å². The zero-order chi connectivity index (χ0) is 9.42. The molecule has 0 bridgehead atoms. The number of hydrogen-bond donors (Lipinski definition) is 0. The van der Waals surface area contributed by atoms with Gasteiger partial charge in [0.1, 0.15) is 9.34 Å². The molecule has 2 aromatic rings. The third kappa shape index (κ3) is 2.05. The van der Waals surface area contributed by atoms with Crippen LogP contribution in [0.4, 0.5) is 0 Å². The fourth-order valence-electron chi connectivity index (χ4n) is 0.801. The Morgan fingerprint density at radius 2 is 2.15 bits per heavy atom. The van der Waals surface area contributed by atoms with Gasteiger partial charge < -0.3 is 0 Å². The van der Waals surface area contributed by atoms with E-state index in [0.29, 0.717) is 13.4 Å². The van der Waals surface area contributed by atoms with E-state index in [4.69, 9.17) is 23.2 Å².